The van der Waals surface area contributed by atoms with Gasteiger partial charge < -0.3 is 5.73 Å². The minimum absolute atomic E-state index is 0.505. The fourth-order valence-electron chi connectivity index (χ4n) is 1.55. The van der Waals surface area contributed by atoms with Gasteiger partial charge in [0.05, 0.1) is 5.69 Å². The van der Waals surface area contributed by atoms with Crippen LogP contribution in [0.15, 0.2) is 24.5 Å². The molecule has 0 bridgehead atoms. The Kier molecular flexibility index (Phi) is 2.81. The summed E-state index contributed by atoms with van der Waals surface area (Å²) in [5.74, 6) is 1.27. The molecule has 0 fully saturated rings. The Morgan fingerprint density at radius 1 is 1.31 bits per heavy atom. The first-order valence-electron chi connectivity index (χ1n) is 5.25. The molecule has 0 saturated carbocycles. The van der Waals surface area contributed by atoms with Gasteiger partial charge in [-0.15, -0.1) is 0 Å². The van der Waals surface area contributed by atoms with E-state index in [4.69, 9.17) is 5.73 Å². The van der Waals surface area contributed by atoms with E-state index in [2.05, 4.69) is 15.0 Å². The molecule has 0 saturated heterocycles. The fraction of sp³-hybridized carbons (Fsp3) is 0.250. The lowest BCUT2D eigenvalue weighted by Crippen LogP contribution is -2.00. The monoisotopic (exact) mass is 214 g/mol. The number of aromatic nitrogens is 3. The first kappa shape index (κ1) is 10.5. The van der Waals surface area contributed by atoms with E-state index < -0.39 is 0 Å². The van der Waals surface area contributed by atoms with Crippen LogP contribution in [0.4, 0.5) is 5.82 Å². The van der Waals surface area contributed by atoms with Gasteiger partial charge in [-0.1, -0.05) is 6.92 Å². The van der Waals surface area contributed by atoms with E-state index in [1.165, 1.54) is 0 Å². The highest BCUT2D eigenvalue weighted by atomic mass is 14.9. The van der Waals surface area contributed by atoms with Crippen molar-refractivity contribution in [1.82, 2.24) is 15.0 Å². The van der Waals surface area contributed by atoms with Crippen LogP contribution in [0.2, 0.25) is 0 Å². The van der Waals surface area contributed by atoms with Gasteiger partial charge in [0.1, 0.15) is 11.6 Å². The van der Waals surface area contributed by atoms with E-state index in [0.717, 1.165) is 29.1 Å². The molecule has 0 unspecified atom stereocenters. The molecule has 4 heteroatoms. The van der Waals surface area contributed by atoms with E-state index >= 15 is 0 Å². The Hall–Kier alpha value is -1.97. The van der Waals surface area contributed by atoms with Crippen LogP contribution in [0.1, 0.15) is 18.3 Å². The second-order valence-electron chi connectivity index (χ2n) is 3.64. The topological polar surface area (TPSA) is 64.7 Å². The van der Waals surface area contributed by atoms with Crippen molar-refractivity contribution in [2.75, 3.05) is 5.73 Å². The number of nitrogens with zero attached hydrogens (tertiary/aromatic N) is 3. The smallest absolute Gasteiger partial charge is 0.131 e. The van der Waals surface area contributed by atoms with Crippen LogP contribution in [-0.2, 0) is 6.42 Å². The first-order chi connectivity index (χ1) is 7.70. The molecule has 0 aromatic carbocycles. The Morgan fingerprint density at radius 3 is 2.81 bits per heavy atom. The van der Waals surface area contributed by atoms with Crippen molar-refractivity contribution in [3.8, 4) is 11.3 Å². The zero-order valence-corrected chi connectivity index (χ0v) is 9.44. The number of hydrogen-bond donors (Lipinski definition) is 1. The van der Waals surface area contributed by atoms with Gasteiger partial charge in [0, 0.05) is 30.4 Å². The third kappa shape index (κ3) is 2.00. The molecular formula is C12H14N4. The first-order valence-corrected chi connectivity index (χ1v) is 5.25. The molecule has 2 heterocycles. The van der Waals surface area contributed by atoms with Crippen LogP contribution in [0.25, 0.3) is 11.3 Å². The number of anilines is 1. The summed E-state index contributed by atoms with van der Waals surface area (Å²) in [4.78, 5) is 12.7. The minimum atomic E-state index is 0.505. The number of nitrogens with two attached hydrogens (primary N) is 1. The van der Waals surface area contributed by atoms with Crippen molar-refractivity contribution < 1.29 is 0 Å². The molecule has 4 nitrogen and oxygen atoms in total. The van der Waals surface area contributed by atoms with Crippen LogP contribution in [0, 0.1) is 6.92 Å². The molecule has 0 spiro atoms. The highest BCUT2D eigenvalue weighted by molar-refractivity contribution is 5.64. The molecule has 2 N–H and O–H groups in total. The van der Waals surface area contributed by atoms with Crippen LogP contribution in [-0.4, -0.2) is 15.0 Å². The summed E-state index contributed by atoms with van der Waals surface area (Å²) in [6.07, 6.45) is 4.35. The summed E-state index contributed by atoms with van der Waals surface area (Å²) in [6, 6.07) is 3.74. The molecule has 0 aliphatic heterocycles. The average Bonchev–Trinajstić information content (AvgIpc) is 2.28. The number of nitrogen functional groups attached to an aromatic ring is 1. The Morgan fingerprint density at radius 2 is 2.12 bits per heavy atom. The Bertz CT molecular complexity index is 508. The number of aryl methyl sites for hydroxylation is 2. The van der Waals surface area contributed by atoms with Crippen molar-refractivity contribution >= 4 is 5.82 Å². The third-order valence-electron chi connectivity index (χ3n) is 2.42. The number of hydrogen-bond acceptors (Lipinski definition) is 4. The lowest BCUT2D eigenvalue weighted by atomic mass is 10.1. The van der Waals surface area contributed by atoms with E-state index in [1.807, 2.05) is 19.9 Å². The van der Waals surface area contributed by atoms with Gasteiger partial charge in [-0.2, -0.15) is 0 Å². The quantitative estimate of drug-likeness (QED) is 0.830. The molecule has 2 rings (SSSR count). The summed E-state index contributed by atoms with van der Waals surface area (Å²) in [5.41, 5.74) is 8.73. The molecule has 2 aromatic heterocycles. The van der Waals surface area contributed by atoms with E-state index in [0.29, 0.717) is 5.82 Å². The molecular weight excluding hydrogens is 200 g/mol. The highest BCUT2D eigenvalue weighted by Gasteiger charge is 2.06. The van der Waals surface area contributed by atoms with E-state index in [-0.39, 0.29) is 0 Å². The zero-order chi connectivity index (χ0) is 11.5. The number of rotatable bonds is 2. The molecule has 2 aromatic rings. The Balaban J connectivity index is 2.56. The SMILES string of the molecule is CCc1nc(N)cc(-c2cnccc2C)n1. The lowest BCUT2D eigenvalue weighted by Gasteiger charge is -2.06. The summed E-state index contributed by atoms with van der Waals surface area (Å²) in [5, 5.41) is 0. The normalized spacial score (nSPS) is 10.4. The number of pyridine rings is 1. The summed E-state index contributed by atoms with van der Waals surface area (Å²) >= 11 is 0. The average molecular weight is 214 g/mol. The summed E-state index contributed by atoms with van der Waals surface area (Å²) < 4.78 is 0. The second-order valence-corrected chi connectivity index (χ2v) is 3.64. The maximum absolute atomic E-state index is 5.75. The molecule has 0 amide bonds. The molecule has 0 radical (unpaired) electrons. The van der Waals surface area contributed by atoms with Crippen molar-refractivity contribution in [2.45, 2.75) is 20.3 Å². The van der Waals surface area contributed by atoms with Gasteiger partial charge in [-0.3, -0.25) is 4.98 Å². The van der Waals surface area contributed by atoms with Gasteiger partial charge >= 0.3 is 0 Å². The van der Waals surface area contributed by atoms with E-state index in [1.54, 1.807) is 18.5 Å². The lowest BCUT2D eigenvalue weighted by molar-refractivity contribution is 0.947. The molecule has 0 aliphatic carbocycles. The van der Waals surface area contributed by atoms with Crippen LogP contribution in [0.3, 0.4) is 0 Å². The minimum Gasteiger partial charge on any atom is -0.384 e. The maximum atomic E-state index is 5.75. The van der Waals surface area contributed by atoms with Gasteiger partial charge in [0.2, 0.25) is 0 Å². The summed E-state index contributed by atoms with van der Waals surface area (Å²) in [7, 11) is 0. The van der Waals surface area contributed by atoms with Crippen molar-refractivity contribution in [3.63, 3.8) is 0 Å². The van der Waals surface area contributed by atoms with Gasteiger partial charge in [-0.05, 0) is 18.6 Å². The van der Waals surface area contributed by atoms with Crippen molar-refractivity contribution in [3.05, 3.63) is 35.9 Å². The molecule has 16 heavy (non-hydrogen) atoms. The van der Waals surface area contributed by atoms with Gasteiger partial charge in [0.25, 0.3) is 0 Å². The van der Waals surface area contributed by atoms with Gasteiger partial charge in [-0.25, -0.2) is 9.97 Å². The largest absolute Gasteiger partial charge is 0.384 e. The zero-order valence-electron chi connectivity index (χ0n) is 9.44. The second kappa shape index (κ2) is 4.26. The van der Waals surface area contributed by atoms with Crippen molar-refractivity contribution in [1.29, 1.82) is 0 Å². The predicted molar refractivity (Wildman–Crippen MR) is 63.8 cm³/mol. The Labute approximate surface area is 94.6 Å². The van der Waals surface area contributed by atoms with Crippen LogP contribution >= 0.6 is 0 Å². The fourth-order valence-corrected chi connectivity index (χ4v) is 1.55. The third-order valence-corrected chi connectivity index (χ3v) is 2.42. The van der Waals surface area contributed by atoms with E-state index in [9.17, 15) is 0 Å². The van der Waals surface area contributed by atoms with Gasteiger partial charge in [0.15, 0.2) is 0 Å². The molecule has 82 valence electrons. The van der Waals surface area contributed by atoms with Crippen LogP contribution in [0.5, 0.6) is 0 Å². The molecule has 0 atom stereocenters. The highest BCUT2D eigenvalue weighted by Crippen LogP contribution is 2.21. The van der Waals surface area contributed by atoms with Crippen molar-refractivity contribution in [2.24, 2.45) is 0 Å². The predicted octanol–water partition coefficient (Wildman–Crippen LogP) is 1.99. The maximum Gasteiger partial charge on any atom is 0.131 e. The van der Waals surface area contributed by atoms with Crippen LogP contribution < -0.4 is 5.73 Å². The standard InChI is InChI=1S/C12H14N4/c1-3-12-15-10(6-11(13)16-12)9-7-14-5-4-8(9)2/h4-7H,3H2,1-2H3,(H2,13,15,16). The molecule has 0 aliphatic rings. The summed E-state index contributed by atoms with van der Waals surface area (Å²) in [6.45, 7) is 4.04.